The fourth-order valence-corrected chi connectivity index (χ4v) is 2.44. The lowest BCUT2D eigenvalue weighted by Crippen LogP contribution is -2.01. The van der Waals surface area contributed by atoms with Crippen LogP contribution >= 0.6 is 15.9 Å². The summed E-state index contributed by atoms with van der Waals surface area (Å²) in [5.41, 5.74) is 1.05. The molecule has 0 amide bonds. The Balaban J connectivity index is 2.56. The fraction of sp³-hybridized carbons (Fsp3) is 0.400. The molecule has 1 aliphatic rings. The van der Waals surface area contributed by atoms with Crippen molar-refractivity contribution in [1.29, 1.82) is 0 Å². The molecule has 2 nitrogen and oxygen atoms in total. The third-order valence-electron chi connectivity index (χ3n) is 2.62. The van der Waals surface area contributed by atoms with Gasteiger partial charge in [-0.2, -0.15) is 0 Å². The zero-order valence-electron chi connectivity index (χ0n) is 7.37. The Labute approximate surface area is 89.5 Å². The van der Waals surface area contributed by atoms with Gasteiger partial charge in [-0.3, -0.25) is 0 Å². The molecule has 0 bridgehead atoms. The predicted molar refractivity (Wildman–Crippen MR) is 53.5 cm³/mol. The highest BCUT2D eigenvalue weighted by molar-refractivity contribution is 9.10. The summed E-state index contributed by atoms with van der Waals surface area (Å²) in [4.78, 5) is 0. The summed E-state index contributed by atoms with van der Waals surface area (Å²) in [7, 11) is 0. The van der Waals surface area contributed by atoms with Crippen molar-refractivity contribution >= 4 is 15.9 Å². The number of aliphatic hydroxyl groups is 2. The molecule has 2 atom stereocenters. The van der Waals surface area contributed by atoms with Crippen molar-refractivity contribution in [2.24, 2.45) is 0 Å². The number of benzene rings is 1. The molecule has 4 heteroatoms. The molecule has 0 aromatic heterocycles. The molecule has 0 saturated carbocycles. The first-order chi connectivity index (χ1) is 6.63. The Morgan fingerprint density at radius 3 is 2.86 bits per heavy atom. The first-order valence-electron chi connectivity index (χ1n) is 4.41. The van der Waals surface area contributed by atoms with Crippen LogP contribution in [0.25, 0.3) is 0 Å². The normalized spacial score (nSPS) is 25.1. The number of halogens is 2. The van der Waals surface area contributed by atoms with Gasteiger partial charge in [-0.1, -0.05) is 15.9 Å². The van der Waals surface area contributed by atoms with Crippen LogP contribution in [0.15, 0.2) is 16.6 Å². The van der Waals surface area contributed by atoms with Crippen LogP contribution in [0.4, 0.5) is 4.39 Å². The smallest absolute Gasteiger partial charge is 0.128 e. The van der Waals surface area contributed by atoms with E-state index in [-0.39, 0.29) is 18.3 Å². The number of aliphatic hydroxyl groups excluding tert-OH is 2. The summed E-state index contributed by atoms with van der Waals surface area (Å²) in [6.07, 6.45) is -0.256. The van der Waals surface area contributed by atoms with Gasteiger partial charge < -0.3 is 10.2 Å². The molecule has 0 spiro atoms. The van der Waals surface area contributed by atoms with E-state index in [2.05, 4.69) is 15.9 Å². The molecule has 76 valence electrons. The average Bonchev–Trinajstić information content (AvgIpc) is 2.43. The van der Waals surface area contributed by atoms with E-state index in [0.717, 1.165) is 0 Å². The van der Waals surface area contributed by atoms with Crippen LogP contribution in [-0.4, -0.2) is 16.8 Å². The Hall–Kier alpha value is -0.450. The average molecular weight is 261 g/mol. The summed E-state index contributed by atoms with van der Waals surface area (Å²) in [5, 5.41) is 18.7. The topological polar surface area (TPSA) is 40.5 Å². The van der Waals surface area contributed by atoms with Gasteiger partial charge in [0, 0.05) is 10.4 Å². The third kappa shape index (κ3) is 1.47. The van der Waals surface area contributed by atoms with Gasteiger partial charge in [-0.25, -0.2) is 4.39 Å². The van der Waals surface area contributed by atoms with Gasteiger partial charge in [0.25, 0.3) is 0 Å². The van der Waals surface area contributed by atoms with Crippen molar-refractivity contribution in [1.82, 2.24) is 0 Å². The number of hydrogen-bond donors (Lipinski definition) is 2. The standard InChI is InChI=1S/C10H10BrFO2/c11-6-2-7-9(14)1-5(4-13)10(7)8(12)3-6/h2-3,5,9,13-14H,1,4H2/t5-,9+/m0/s1. The Morgan fingerprint density at radius 2 is 2.21 bits per heavy atom. The van der Waals surface area contributed by atoms with Crippen LogP contribution in [0, 0.1) is 5.82 Å². The first kappa shape index (κ1) is 10.1. The summed E-state index contributed by atoms with van der Waals surface area (Å²) < 4.78 is 14.1. The quantitative estimate of drug-likeness (QED) is 0.812. The highest BCUT2D eigenvalue weighted by atomic mass is 79.9. The second-order valence-corrected chi connectivity index (χ2v) is 4.44. The number of hydrogen-bond acceptors (Lipinski definition) is 2. The Morgan fingerprint density at radius 1 is 1.50 bits per heavy atom. The van der Waals surface area contributed by atoms with Crippen molar-refractivity contribution in [3.8, 4) is 0 Å². The van der Waals surface area contributed by atoms with E-state index in [1.54, 1.807) is 6.07 Å². The van der Waals surface area contributed by atoms with Crippen molar-refractivity contribution in [3.05, 3.63) is 33.5 Å². The molecule has 0 fully saturated rings. The van der Waals surface area contributed by atoms with Gasteiger partial charge in [0.1, 0.15) is 5.82 Å². The van der Waals surface area contributed by atoms with E-state index >= 15 is 0 Å². The molecule has 1 aliphatic carbocycles. The summed E-state index contributed by atoms with van der Waals surface area (Å²) >= 11 is 3.17. The maximum Gasteiger partial charge on any atom is 0.128 e. The molecule has 1 aromatic carbocycles. The molecule has 14 heavy (non-hydrogen) atoms. The molecule has 0 heterocycles. The second-order valence-electron chi connectivity index (χ2n) is 3.52. The van der Waals surface area contributed by atoms with Crippen molar-refractivity contribution in [3.63, 3.8) is 0 Å². The van der Waals surface area contributed by atoms with Crippen LogP contribution in [0.5, 0.6) is 0 Å². The Kier molecular flexibility index (Phi) is 2.60. The number of fused-ring (bicyclic) bond motifs is 1. The SMILES string of the molecule is OC[C@@H]1C[C@@H](O)c2cc(Br)cc(F)c21. The zero-order valence-corrected chi connectivity index (χ0v) is 8.96. The molecule has 0 radical (unpaired) electrons. The van der Waals surface area contributed by atoms with Crippen LogP contribution in [-0.2, 0) is 0 Å². The van der Waals surface area contributed by atoms with Crippen molar-refractivity contribution < 1.29 is 14.6 Å². The Bertz CT molecular complexity index is 367. The lowest BCUT2D eigenvalue weighted by molar-refractivity contribution is 0.158. The van der Waals surface area contributed by atoms with Crippen molar-refractivity contribution in [2.45, 2.75) is 18.4 Å². The van der Waals surface area contributed by atoms with Crippen LogP contribution in [0.1, 0.15) is 29.6 Å². The van der Waals surface area contributed by atoms with E-state index in [4.69, 9.17) is 5.11 Å². The van der Waals surface area contributed by atoms with Gasteiger partial charge in [0.05, 0.1) is 12.7 Å². The highest BCUT2D eigenvalue weighted by Gasteiger charge is 2.32. The highest BCUT2D eigenvalue weighted by Crippen LogP contribution is 2.42. The zero-order chi connectivity index (χ0) is 10.3. The fourth-order valence-electron chi connectivity index (χ4n) is 1.99. The maximum absolute atomic E-state index is 13.5. The van der Waals surface area contributed by atoms with Crippen molar-refractivity contribution in [2.75, 3.05) is 6.61 Å². The van der Waals surface area contributed by atoms with Crippen LogP contribution in [0.3, 0.4) is 0 Å². The molecule has 1 aromatic rings. The van der Waals surface area contributed by atoms with E-state index < -0.39 is 6.10 Å². The van der Waals surface area contributed by atoms with E-state index in [0.29, 0.717) is 22.0 Å². The van der Waals surface area contributed by atoms with Crippen LogP contribution < -0.4 is 0 Å². The maximum atomic E-state index is 13.5. The number of rotatable bonds is 1. The molecular formula is C10H10BrFO2. The van der Waals surface area contributed by atoms with E-state index in [1.807, 2.05) is 0 Å². The minimum absolute atomic E-state index is 0.122. The monoisotopic (exact) mass is 260 g/mol. The van der Waals surface area contributed by atoms with Gasteiger partial charge in [-0.15, -0.1) is 0 Å². The molecule has 0 saturated heterocycles. The van der Waals surface area contributed by atoms with Gasteiger partial charge in [0.2, 0.25) is 0 Å². The lowest BCUT2D eigenvalue weighted by atomic mass is 10.0. The predicted octanol–water partition coefficient (Wildman–Crippen LogP) is 2.10. The third-order valence-corrected chi connectivity index (χ3v) is 3.08. The summed E-state index contributed by atoms with van der Waals surface area (Å²) in [6.45, 7) is -0.122. The molecule has 2 N–H and O–H groups in total. The molecule has 2 rings (SSSR count). The minimum atomic E-state index is -0.658. The summed E-state index contributed by atoms with van der Waals surface area (Å²) in [6, 6.07) is 3.07. The second kappa shape index (κ2) is 3.61. The van der Waals surface area contributed by atoms with E-state index in [9.17, 15) is 9.50 Å². The lowest BCUT2D eigenvalue weighted by Gasteiger charge is -2.08. The molecule has 0 unspecified atom stereocenters. The van der Waals surface area contributed by atoms with Gasteiger partial charge in [0.15, 0.2) is 0 Å². The largest absolute Gasteiger partial charge is 0.396 e. The van der Waals surface area contributed by atoms with Crippen LogP contribution in [0.2, 0.25) is 0 Å². The first-order valence-corrected chi connectivity index (χ1v) is 5.20. The van der Waals surface area contributed by atoms with Gasteiger partial charge in [-0.05, 0) is 29.7 Å². The molecule has 0 aliphatic heterocycles. The van der Waals surface area contributed by atoms with E-state index in [1.165, 1.54) is 6.07 Å². The summed E-state index contributed by atoms with van der Waals surface area (Å²) in [5.74, 6) is -0.627. The van der Waals surface area contributed by atoms with Gasteiger partial charge >= 0.3 is 0 Å². The molecular weight excluding hydrogens is 251 g/mol. The minimum Gasteiger partial charge on any atom is -0.396 e.